The van der Waals surface area contributed by atoms with Crippen molar-refractivity contribution in [3.05, 3.63) is 28.8 Å². The molecule has 2 aromatic heterocycles. The fourth-order valence-corrected chi connectivity index (χ4v) is 2.64. The van der Waals surface area contributed by atoms with E-state index in [9.17, 15) is 4.79 Å². The third-order valence-electron chi connectivity index (χ3n) is 2.85. The summed E-state index contributed by atoms with van der Waals surface area (Å²) in [6, 6.07) is 5.93. The monoisotopic (exact) mass is 263 g/mol. The maximum atomic E-state index is 12.1. The second kappa shape index (κ2) is 5.35. The number of aromatic nitrogens is 2. The highest BCUT2D eigenvalue weighted by Crippen LogP contribution is 2.26. The number of hydrogen-bond donors (Lipinski definition) is 1. The highest BCUT2D eigenvalue weighted by molar-refractivity contribution is 7.15. The number of thiophene rings is 1. The van der Waals surface area contributed by atoms with Crippen molar-refractivity contribution >= 4 is 17.2 Å². The molecule has 0 aliphatic carbocycles. The van der Waals surface area contributed by atoms with E-state index in [0.717, 1.165) is 10.6 Å². The molecule has 0 radical (unpaired) electrons. The summed E-state index contributed by atoms with van der Waals surface area (Å²) in [5.74, 6) is -0.0178. The van der Waals surface area contributed by atoms with Crippen molar-refractivity contribution in [3.8, 4) is 10.6 Å². The number of aryl methyl sites for hydroxylation is 1. The van der Waals surface area contributed by atoms with Gasteiger partial charge in [-0.1, -0.05) is 0 Å². The molecular formula is C13H17N3OS. The largest absolute Gasteiger partial charge is 0.338 e. The number of rotatable bonds is 4. The normalized spacial score (nSPS) is 10.6. The van der Waals surface area contributed by atoms with Crippen LogP contribution in [-0.4, -0.2) is 34.1 Å². The van der Waals surface area contributed by atoms with Crippen molar-refractivity contribution in [1.29, 1.82) is 0 Å². The average Bonchev–Trinajstić information content (AvgIpc) is 2.98. The predicted octanol–water partition coefficient (Wildman–Crippen LogP) is 2.93. The Morgan fingerprint density at radius 3 is 2.67 bits per heavy atom. The van der Waals surface area contributed by atoms with E-state index in [1.165, 1.54) is 4.88 Å². The average molecular weight is 263 g/mol. The Balaban J connectivity index is 2.23. The van der Waals surface area contributed by atoms with Crippen LogP contribution in [0.5, 0.6) is 0 Å². The van der Waals surface area contributed by atoms with Crippen LogP contribution in [0.4, 0.5) is 0 Å². The summed E-state index contributed by atoms with van der Waals surface area (Å²) >= 11 is 1.69. The number of nitrogens with zero attached hydrogens (tertiary/aromatic N) is 2. The van der Waals surface area contributed by atoms with Gasteiger partial charge in [-0.25, -0.2) is 0 Å². The molecule has 18 heavy (non-hydrogen) atoms. The molecule has 0 unspecified atom stereocenters. The van der Waals surface area contributed by atoms with E-state index in [2.05, 4.69) is 23.2 Å². The van der Waals surface area contributed by atoms with Crippen molar-refractivity contribution in [2.45, 2.75) is 20.8 Å². The van der Waals surface area contributed by atoms with Gasteiger partial charge in [-0.05, 0) is 39.0 Å². The third kappa shape index (κ3) is 2.46. The van der Waals surface area contributed by atoms with Crippen molar-refractivity contribution in [2.75, 3.05) is 13.1 Å². The SMILES string of the molecule is CCN(CC)C(=O)c1cc(-c2ccc(C)s2)[nH]n1. The van der Waals surface area contributed by atoms with Crippen LogP contribution in [0.3, 0.4) is 0 Å². The first-order valence-corrected chi connectivity index (χ1v) is 6.88. The standard InChI is InChI=1S/C13H17N3OS/c1-4-16(5-2)13(17)11-8-10(14-15-11)12-7-6-9(3)18-12/h6-8H,4-5H2,1-3H3,(H,14,15). The van der Waals surface area contributed by atoms with Gasteiger partial charge in [0.1, 0.15) is 0 Å². The second-order valence-electron chi connectivity index (χ2n) is 4.05. The molecule has 0 bridgehead atoms. The van der Waals surface area contributed by atoms with Crippen LogP contribution in [-0.2, 0) is 0 Å². The molecule has 0 aliphatic heterocycles. The third-order valence-corrected chi connectivity index (χ3v) is 3.89. The first-order chi connectivity index (χ1) is 8.65. The van der Waals surface area contributed by atoms with Gasteiger partial charge in [0, 0.05) is 18.0 Å². The predicted molar refractivity (Wildman–Crippen MR) is 73.9 cm³/mol. The molecule has 2 aromatic rings. The molecule has 0 saturated heterocycles. The zero-order chi connectivity index (χ0) is 13.1. The number of H-pyrrole nitrogens is 1. The summed E-state index contributed by atoms with van der Waals surface area (Å²) in [5.41, 5.74) is 1.39. The Hall–Kier alpha value is -1.62. The minimum absolute atomic E-state index is 0.0178. The molecule has 5 heteroatoms. The van der Waals surface area contributed by atoms with E-state index in [-0.39, 0.29) is 5.91 Å². The highest BCUT2D eigenvalue weighted by atomic mass is 32.1. The van der Waals surface area contributed by atoms with Gasteiger partial charge in [0.05, 0.1) is 10.6 Å². The van der Waals surface area contributed by atoms with Crippen LogP contribution in [0.15, 0.2) is 18.2 Å². The zero-order valence-corrected chi connectivity index (χ0v) is 11.7. The summed E-state index contributed by atoms with van der Waals surface area (Å²) in [4.78, 5) is 16.2. The summed E-state index contributed by atoms with van der Waals surface area (Å²) < 4.78 is 0. The Kier molecular flexibility index (Phi) is 3.81. The molecule has 1 N–H and O–H groups in total. The summed E-state index contributed by atoms with van der Waals surface area (Å²) in [5, 5.41) is 7.04. The number of aromatic amines is 1. The van der Waals surface area contributed by atoms with E-state index in [4.69, 9.17) is 0 Å². The van der Waals surface area contributed by atoms with E-state index >= 15 is 0 Å². The fraction of sp³-hybridized carbons (Fsp3) is 0.385. The molecule has 0 aromatic carbocycles. The van der Waals surface area contributed by atoms with Crippen LogP contribution in [0.2, 0.25) is 0 Å². The molecule has 96 valence electrons. The molecule has 0 spiro atoms. The number of amides is 1. The van der Waals surface area contributed by atoms with Gasteiger partial charge in [-0.2, -0.15) is 5.10 Å². The molecule has 0 atom stereocenters. The molecule has 0 aliphatic rings. The quantitative estimate of drug-likeness (QED) is 0.922. The Bertz CT molecular complexity index is 540. The van der Waals surface area contributed by atoms with Gasteiger partial charge in [0.15, 0.2) is 5.69 Å². The van der Waals surface area contributed by atoms with Gasteiger partial charge >= 0.3 is 0 Å². The maximum Gasteiger partial charge on any atom is 0.274 e. The van der Waals surface area contributed by atoms with E-state index < -0.39 is 0 Å². The minimum Gasteiger partial charge on any atom is -0.338 e. The molecule has 0 saturated carbocycles. The lowest BCUT2D eigenvalue weighted by Crippen LogP contribution is -2.30. The van der Waals surface area contributed by atoms with Gasteiger partial charge in [0.2, 0.25) is 0 Å². The number of carbonyl (C=O) groups excluding carboxylic acids is 1. The highest BCUT2D eigenvalue weighted by Gasteiger charge is 2.16. The Labute approximate surface area is 111 Å². The van der Waals surface area contributed by atoms with Crippen LogP contribution in [0.1, 0.15) is 29.2 Å². The summed E-state index contributed by atoms with van der Waals surface area (Å²) in [6.07, 6.45) is 0. The molecule has 2 rings (SSSR count). The number of carbonyl (C=O) groups is 1. The van der Waals surface area contributed by atoms with Crippen molar-refractivity contribution in [3.63, 3.8) is 0 Å². The van der Waals surface area contributed by atoms with Gasteiger partial charge in [-0.3, -0.25) is 9.89 Å². The fourth-order valence-electron chi connectivity index (χ4n) is 1.81. The number of hydrogen-bond acceptors (Lipinski definition) is 3. The Morgan fingerprint density at radius 2 is 2.11 bits per heavy atom. The van der Waals surface area contributed by atoms with Crippen LogP contribution >= 0.6 is 11.3 Å². The number of nitrogens with one attached hydrogen (secondary N) is 1. The zero-order valence-electron chi connectivity index (χ0n) is 10.9. The van der Waals surface area contributed by atoms with Crippen LogP contribution < -0.4 is 0 Å². The summed E-state index contributed by atoms with van der Waals surface area (Å²) in [6.45, 7) is 7.41. The van der Waals surface area contributed by atoms with Crippen LogP contribution in [0.25, 0.3) is 10.6 Å². The van der Waals surface area contributed by atoms with E-state index in [1.54, 1.807) is 16.2 Å². The Morgan fingerprint density at radius 1 is 1.39 bits per heavy atom. The molecule has 1 amide bonds. The summed E-state index contributed by atoms with van der Waals surface area (Å²) in [7, 11) is 0. The van der Waals surface area contributed by atoms with E-state index in [0.29, 0.717) is 18.8 Å². The van der Waals surface area contributed by atoms with Crippen molar-refractivity contribution in [2.24, 2.45) is 0 Å². The lowest BCUT2D eigenvalue weighted by Gasteiger charge is -2.16. The molecule has 2 heterocycles. The molecule has 4 nitrogen and oxygen atoms in total. The topological polar surface area (TPSA) is 49.0 Å². The molecule has 0 fully saturated rings. The minimum atomic E-state index is -0.0178. The van der Waals surface area contributed by atoms with Gasteiger partial charge < -0.3 is 4.90 Å². The van der Waals surface area contributed by atoms with Gasteiger partial charge in [-0.15, -0.1) is 11.3 Å². The van der Waals surface area contributed by atoms with Gasteiger partial charge in [0.25, 0.3) is 5.91 Å². The molecular weight excluding hydrogens is 246 g/mol. The second-order valence-corrected chi connectivity index (χ2v) is 5.34. The van der Waals surface area contributed by atoms with Crippen LogP contribution in [0, 0.1) is 6.92 Å². The lowest BCUT2D eigenvalue weighted by molar-refractivity contribution is 0.0767. The maximum absolute atomic E-state index is 12.1. The lowest BCUT2D eigenvalue weighted by atomic mass is 10.3. The van der Waals surface area contributed by atoms with E-state index in [1.807, 2.05) is 26.0 Å². The first-order valence-electron chi connectivity index (χ1n) is 6.07. The first kappa shape index (κ1) is 12.8. The van der Waals surface area contributed by atoms with Crippen molar-refractivity contribution < 1.29 is 4.79 Å². The van der Waals surface area contributed by atoms with Crippen molar-refractivity contribution in [1.82, 2.24) is 15.1 Å². The smallest absolute Gasteiger partial charge is 0.274 e.